The molecule has 1 rings (SSSR count). The number of nitrogens with zero attached hydrogens (tertiary/aromatic N) is 1. The van der Waals surface area contributed by atoms with Crippen LogP contribution in [0, 0.1) is 17.5 Å². The van der Waals surface area contributed by atoms with Gasteiger partial charge in [0, 0.05) is 25.7 Å². The lowest BCUT2D eigenvalue weighted by atomic mass is 10.3. The van der Waals surface area contributed by atoms with Crippen LogP contribution in [0.5, 0.6) is 0 Å². The van der Waals surface area contributed by atoms with Gasteiger partial charge in [-0.05, 0) is 6.92 Å². The van der Waals surface area contributed by atoms with Crippen LogP contribution in [0.2, 0.25) is 0 Å². The SMILES string of the molecule is CCN(C)C(=O)Nc1c(F)cc(F)cc1F. The molecule has 16 heavy (non-hydrogen) atoms. The number of hydrogen-bond acceptors (Lipinski definition) is 1. The van der Waals surface area contributed by atoms with E-state index in [9.17, 15) is 18.0 Å². The highest BCUT2D eigenvalue weighted by Crippen LogP contribution is 2.20. The van der Waals surface area contributed by atoms with Crippen molar-refractivity contribution in [2.75, 3.05) is 18.9 Å². The number of amides is 2. The highest BCUT2D eigenvalue weighted by atomic mass is 19.1. The number of nitrogens with one attached hydrogen (secondary N) is 1. The fourth-order valence-electron chi connectivity index (χ4n) is 1.01. The van der Waals surface area contributed by atoms with Crippen molar-refractivity contribution in [3.8, 4) is 0 Å². The van der Waals surface area contributed by atoms with Crippen LogP contribution >= 0.6 is 0 Å². The Morgan fingerprint density at radius 3 is 2.25 bits per heavy atom. The summed E-state index contributed by atoms with van der Waals surface area (Å²) in [6.07, 6.45) is 0. The van der Waals surface area contributed by atoms with Gasteiger partial charge in [0.05, 0.1) is 0 Å². The molecule has 1 aromatic carbocycles. The summed E-state index contributed by atoms with van der Waals surface area (Å²) in [6.45, 7) is 2.09. The molecule has 0 aliphatic carbocycles. The molecule has 0 aliphatic heterocycles. The average Bonchev–Trinajstić information content (AvgIpc) is 2.21. The Bertz CT molecular complexity index is 386. The Morgan fingerprint density at radius 1 is 1.31 bits per heavy atom. The zero-order chi connectivity index (χ0) is 12.3. The smallest absolute Gasteiger partial charge is 0.321 e. The molecular weight excluding hydrogens is 221 g/mol. The molecule has 0 bridgehead atoms. The van der Waals surface area contributed by atoms with Crippen LogP contribution < -0.4 is 5.32 Å². The number of halogens is 3. The fourth-order valence-corrected chi connectivity index (χ4v) is 1.01. The van der Waals surface area contributed by atoms with Crippen LogP contribution in [0.15, 0.2) is 12.1 Å². The molecule has 6 heteroatoms. The second-order valence-corrected chi connectivity index (χ2v) is 3.19. The van der Waals surface area contributed by atoms with Gasteiger partial charge in [-0.2, -0.15) is 0 Å². The second kappa shape index (κ2) is 4.87. The van der Waals surface area contributed by atoms with Crippen LogP contribution in [-0.2, 0) is 0 Å². The van der Waals surface area contributed by atoms with Gasteiger partial charge in [-0.3, -0.25) is 0 Å². The summed E-state index contributed by atoms with van der Waals surface area (Å²) in [5, 5.41) is 2.03. The first-order valence-electron chi connectivity index (χ1n) is 4.62. The lowest BCUT2D eigenvalue weighted by Gasteiger charge is -2.16. The van der Waals surface area contributed by atoms with Crippen molar-refractivity contribution >= 4 is 11.7 Å². The lowest BCUT2D eigenvalue weighted by molar-refractivity contribution is 0.224. The maximum Gasteiger partial charge on any atom is 0.321 e. The summed E-state index contributed by atoms with van der Waals surface area (Å²) < 4.78 is 38.8. The van der Waals surface area contributed by atoms with Crippen molar-refractivity contribution in [1.29, 1.82) is 0 Å². The maximum atomic E-state index is 13.1. The predicted octanol–water partition coefficient (Wildman–Crippen LogP) is 2.59. The fraction of sp³-hybridized carbons (Fsp3) is 0.300. The van der Waals surface area contributed by atoms with Crippen molar-refractivity contribution in [2.45, 2.75) is 6.92 Å². The number of urea groups is 1. The number of hydrogen-bond donors (Lipinski definition) is 1. The van der Waals surface area contributed by atoms with E-state index in [1.54, 1.807) is 6.92 Å². The van der Waals surface area contributed by atoms with Gasteiger partial charge in [0.2, 0.25) is 0 Å². The zero-order valence-electron chi connectivity index (χ0n) is 8.85. The van der Waals surface area contributed by atoms with Crippen molar-refractivity contribution in [3.63, 3.8) is 0 Å². The highest BCUT2D eigenvalue weighted by molar-refractivity contribution is 5.89. The first-order valence-corrected chi connectivity index (χ1v) is 4.62. The molecule has 0 fully saturated rings. The molecule has 0 radical (unpaired) electrons. The summed E-state index contributed by atoms with van der Waals surface area (Å²) in [4.78, 5) is 12.5. The molecule has 88 valence electrons. The Labute approximate surface area is 90.9 Å². The van der Waals surface area contributed by atoms with Gasteiger partial charge in [0.1, 0.15) is 11.5 Å². The Kier molecular flexibility index (Phi) is 3.76. The molecule has 1 N–H and O–H groups in total. The summed E-state index contributed by atoms with van der Waals surface area (Å²) in [5.41, 5.74) is -0.647. The molecule has 0 saturated heterocycles. The Hall–Kier alpha value is -1.72. The molecule has 3 nitrogen and oxygen atoms in total. The summed E-state index contributed by atoms with van der Waals surface area (Å²) in [6, 6.07) is 0.349. The molecule has 0 atom stereocenters. The van der Waals surface area contributed by atoms with Crippen LogP contribution in [0.4, 0.5) is 23.7 Å². The third-order valence-corrected chi connectivity index (χ3v) is 2.06. The van der Waals surface area contributed by atoms with E-state index < -0.39 is 29.2 Å². The van der Waals surface area contributed by atoms with Crippen molar-refractivity contribution in [2.24, 2.45) is 0 Å². The third kappa shape index (κ3) is 2.65. The van der Waals surface area contributed by atoms with Gasteiger partial charge in [0.15, 0.2) is 11.6 Å². The zero-order valence-corrected chi connectivity index (χ0v) is 8.85. The monoisotopic (exact) mass is 232 g/mol. The van der Waals surface area contributed by atoms with E-state index in [4.69, 9.17) is 0 Å². The molecular formula is C10H11F3N2O. The molecule has 0 spiro atoms. The van der Waals surface area contributed by atoms with E-state index in [-0.39, 0.29) is 0 Å². The number of carbonyl (C=O) groups excluding carboxylic acids is 1. The van der Waals surface area contributed by atoms with Crippen LogP contribution in [0.1, 0.15) is 6.92 Å². The number of carbonyl (C=O) groups is 1. The molecule has 0 aliphatic rings. The third-order valence-electron chi connectivity index (χ3n) is 2.06. The minimum atomic E-state index is -1.14. The molecule has 2 amide bonds. The summed E-state index contributed by atoms with van der Waals surface area (Å²) >= 11 is 0. The van der Waals surface area contributed by atoms with E-state index in [2.05, 4.69) is 0 Å². The second-order valence-electron chi connectivity index (χ2n) is 3.19. The van der Waals surface area contributed by atoms with Gasteiger partial charge in [-0.15, -0.1) is 0 Å². The summed E-state index contributed by atoms with van der Waals surface area (Å²) in [7, 11) is 1.47. The Balaban J connectivity index is 2.93. The van der Waals surface area contributed by atoms with E-state index in [1.807, 2.05) is 5.32 Å². The number of anilines is 1. The first-order chi connectivity index (χ1) is 7.45. The molecule has 0 heterocycles. The number of rotatable bonds is 2. The van der Waals surface area contributed by atoms with Crippen LogP contribution in [0.3, 0.4) is 0 Å². The van der Waals surface area contributed by atoms with Gasteiger partial charge < -0.3 is 10.2 Å². The number of benzene rings is 1. The van der Waals surface area contributed by atoms with E-state index in [0.717, 1.165) is 0 Å². The molecule has 1 aromatic rings. The van der Waals surface area contributed by atoms with Crippen molar-refractivity contribution < 1.29 is 18.0 Å². The molecule has 0 unspecified atom stereocenters. The highest BCUT2D eigenvalue weighted by Gasteiger charge is 2.15. The van der Waals surface area contributed by atoms with Gasteiger partial charge >= 0.3 is 6.03 Å². The largest absolute Gasteiger partial charge is 0.328 e. The van der Waals surface area contributed by atoms with Crippen molar-refractivity contribution in [1.82, 2.24) is 4.90 Å². The van der Waals surface area contributed by atoms with Crippen LogP contribution in [0.25, 0.3) is 0 Å². The predicted molar refractivity (Wildman–Crippen MR) is 53.6 cm³/mol. The molecule has 0 aromatic heterocycles. The normalized spacial score (nSPS) is 10.1. The van der Waals surface area contributed by atoms with E-state index >= 15 is 0 Å². The Morgan fingerprint density at radius 2 is 1.81 bits per heavy atom. The van der Waals surface area contributed by atoms with Gasteiger partial charge in [-0.1, -0.05) is 0 Å². The van der Waals surface area contributed by atoms with Crippen LogP contribution in [-0.4, -0.2) is 24.5 Å². The topological polar surface area (TPSA) is 32.3 Å². The van der Waals surface area contributed by atoms with Gasteiger partial charge in [-0.25, -0.2) is 18.0 Å². The van der Waals surface area contributed by atoms with E-state index in [0.29, 0.717) is 18.7 Å². The summed E-state index contributed by atoms with van der Waals surface area (Å²) in [5.74, 6) is -3.32. The first kappa shape index (κ1) is 12.4. The van der Waals surface area contributed by atoms with Gasteiger partial charge in [0.25, 0.3) is 0 Å². The van der Waals surface area contributed by atoms with Crippen molar-refractivity contribution in [3.05, 3.63) is 29.6 Å². The lowest BCUT2D eigenvalue weighted by Crippen LogP contribution is -2.31. The molecule has 0 saturated carbocycles. The standard InChI is InChI=1S/C10H11F3N2O/c1-3-15(2)10(16)14-9-7(12)4-6(11)5-8(9)13/h4-5H,3H2,1-2H3,(H,14,16). The van der Waals surface area contributed by atoms with E-state index in [1.165, 1.54) is 11.9 Å². The minimum absolute atomic E-state index is 0.385. The quantitative estimate of drug-likeness (QED) is 0.835. The maximum absolute atomic E-state index is 13.1. The average molecular weight is 232 g/mol. The minimum Gasteiger partial charge on any atom is -0.328 e.